The van der Waals surface area contributed by atoms with Gasteiger partial charge in [0, 0.05) is 24.2 Å². The zero-order valence-corrected chi connectivity index (χ0v) is 16.7. The van der Waals surface area contributed by atoms with Gasteiger partial charge < -0.3 is 16.0 Å². The SMILES string of the molecule is CC(=O)NC(CC(=O)Nc1ccc(NC(=O)C(C)C)cc1)c1ccc(C)cc1. The summed E-state index contributed by atoms with van der Waals surface area (Å²) in [7, 11) is 0. The lowest BCUT2D eigenvalue weighted by Crippen LogP contribution is -2.29. The van der Waals surface area contributed by atoms with E-state index < -0.39 is 6.04 Å². The molecule has 0 bridgehead atoms. The molecule has 0 aliphatic carbocycles. The molecule has 2 rings (SSSR count). The number of hydrogen-bond donors (Lipinski definition) is 3. The average Bonchev–Trinajstić information content (AvgIpc) is 2.63. The summed E-state index contributed by atoms with van der Waals surface area (Å²) in [6.07, 6.45) is 0.120. The molecule has 0 aromatic heterocycles. The number of carbonyl (C=O) groups is 3. The second-order valence-corrected chi connectivity index (χ2v) is 7.14. The quantitative estimate of drug-likeness (QED) is 0.682. The van der Waals surface area contributed by atoms with Crippen molar-refractivity contribution in [1.29, 1.82) is 0 Å². The van der Waals surface area contributed by atoms with E-state index in [2.05, 4.69) is 16.0 Å². The van der Waals surface area contributed by atoms with E-state index >= 15 is 0 Å². The van der Waals surface area contributed by atoms with Gasteiger partial charge in [0.05, 0.1) is 12.5 Å². The Bertz CT molecular complexity index is 827. The van der Waals surface area contributed by atoms with E-state index in [1.807, 2.05) is 45.0 Å². The Balaban J connectivity index is 2.00. The molecule has 0 fully saturated rings. The van der Waals surface area contributed by atoms with E-state index in [0.29, 0.717) is 11.4 Å². The Hall–Kier alpha value is -3.15. The topological polar surface area (TPSA) is 87.3 Å². The second kappa shape index (κ2) is 9.69. The Morgan fingerprint density at radius 3 is 1.89 bits per heavy atom. The minimum Gasteiger partial charge on any atom is -0.349 e. The van der Waals surface area contributed by atoms with Crippen molar-refractivity contribution in [2.75, 3.05) is 10.6 Å². The third-order valence-corrected chi connectivity index (χ3v) is 4.21. The maximum atomic E-state index is 12.5. The molecule has 28 heavy (non-hydrogen) atoms. The van der Waals surface area contributed by atoms with Gasteiger partial charge in [-0.05, 0) is 36.8 Å². The largest absolute Gasteiger partial charge is 0.349 e. The number of amides is 3. The lowest BCUT2D eigenvalue weighted by molar-refractivity contribution is -0.121. The second-order valence-electron chi connectivity index (χ2n) is 7.14. The molecular formula is C22H27N3O3. The van der Waals surface area contributed by atoms with Crippen molar-refractivity contribution >= 4 is 29.1 Å². The predicted molar refractivity (Wildman–Crippen MR) is 111 cm³/mol. The fraction of sp³-hybridized carbons (Fsp3) is 0.318. The van der Waals surface area contributed by atoms with Crippen molar-refractivity contribution in [3.8, 4) is 0 Å². The normalized spacial score (nSPS) is 11.6. The first-order valence-electron chi connectivity index (χ1n) is 9.29. The minimum atomic E-state index is -0.400. The van der Waals surface area contributed by atoms with Crippen LogP contribution in [0.2, 0.25) is 0 Å². The van der Waals surface area contributed by atoms with Crippen LogP contribution in [-0.4, -0.2) is 17.7 Å². The smallest absolute Gasteiger partial charge is 0.226 e. The summed E-state index contributed by atoms with van der Waals surface area (Å²) in [6, 6.07) is 14.3. The van der Waals surface area contributed by atoms with Crippen molar-refractivity contribution in [2.45, 2.75) is 40.2 Å². The number of anilines is 2. The maximum Gasteiger partial charge on any atom is 0.226 e. The fourth-order valence-corrected chi connectivity index (χ4v) is 2.62. The fourth-order valence-electron chi connectivity index (χ4n) is 2.62. The van der Waals surface area contributed by atoms with Gasteiger partial charge in [0.2, 0.25) is 17.7 Å². The Labute approximate surface area is 165 Å². The standard InChI is InChI=1S/C22H27N3O3/c1-14(2)22(28)25-19-11-9-18(10-12-19)24-21(27)13-20(23-16(4)26)17-7-5-15(3)6-8-17/h5-12,14,20H,13H2,1-4H3,(H,23,26)(H,24,27)(H,25,28). The summed E-state index contributed by atoms with van der Waals surface area (Å²) < 4.78 is 0. The number of carbonyl (C=O) groups excluding carboxylic acids is 3. The first-order valence-corrected chi connectivity index (χ1v) is 9.29. The third-order valence-electron chi connectivity index (χ3n) is 4.21. The highest BCUT2D eigenvalue weighted by atomic mass is 16.2. The summed E-state index contributed by atoms with van der Waals surface area (Å²) in [4.78, 5) is 35.7. The molecule has 0 saturated carbocycles. The summed E-state index contributed by atoms with van der Waals surface area (Å²) in [5, 5.41) is 8.46. The van der Waals surface area contributed by atoms with Crippen molar-refractivity contribution in [3.05, 3.63) is 59.7 Å². The maximum absolute atomic E-state index is 12.5. The zero-order valence-electron chi connectivity index (χ0n) is 16.7. The molecule has 1 unspecified atom stereocenters. The molecule has 0 spiro atoms. The van der Waals surface area contributed by atoms with Crippen molar-refractivity contribution in [1.82, 2.24) is 5.32 Å². The van der Waals surface area contributed by atoms with Crippen LogP contribution >= 0.6 is 0 Å². The first-order chi connectivity index (χ1) is 13.2. The Morgan fingerprint density at radius 2 is 1.39 bits per heavy atom. The lowest BCUT2D eigenvalue weighted by Gasteiger charge is -2.18. The number of hydrogen-bond acceptors (Lipinski definition) is 3. The van der Waals surface area contributed by atoms with Crippen molar-refractivity contribution in [2.24, 2.45) is 5.92 Å². The minimum absolute atomic E-state index is 0.0620. The Morgan fingerprint density at radius 1 is 0.857 bits per heavy atom. The van der Waals surface area contributed by atoms with Crippen LogP contribution in [0.15, 0.2) is 48.5 Å². The van der Waals surface area contributed by atoms with E-state index in [0.717, 1.165) is 11.1 Å². The molecule has 3 N–H and O–H groups in total. The van der Waals surface area contributed by atoms with E-state index in [9.17, 15) is 14.4 Å². The van der Waals surface area contributed by atoms with Gasteiger partial charge in [-0.15, -0.1) is 0 Å². The monoisotopic (exact) mass is 381 g/mol. The van der Waals surface area contributed by atoms with Crippen LogP contribution in [0.25, 0.3) is 0 Å². The molecule has 0 saturated heterocycles. The van der Waals surface area contributed by atoms with Gasteiger partial charge in [0.15, 0.2) is 0 Å². The summed E-state index contributed by atoms with van der Waals surface area (Å²) in [5.41, 5.74) is 3.28. The van der Waals surface area contributed by atoms with Crippen LogP contribution in [0.3, 0.4) is 0 Å². The van der Waals surface area contributed by atoms with Gasteiger partial charge in [-0.1, -0.05) is 43.7 Å². The van der Waals surface area contributed by atoms with Gasteiger partial charge >= 0.3 is 0 Å². The van der Waals surface area contributed by atoms with Crippen LogP contribution in [0.4, 0.5) is 11.4 Å². The number of aryl methyl sites for hydroxylation is 1. The molecule has 0 radical (unpaired) electrons. The molecule has 0 aliphatic rings. The molecule has 2 aromatic carbocycles. The van der Waals surface area contributed by atoms with E-state index in [-0.39, 0.29) is 30.1 Å². The molecule has 6 heteroatoms. The van der Waals surface area contributed by atoms with Crippen LogP contribution in [0, 0.1) is 12.8 Å². The van der Waals surface area contributed by atoms with Crippen molar-refractivity contribution in [3.63, 3.8) is 0 Å². The van der Waals surface area contributed by atoms with Gasteiger partial charge in [-0.25, -0.2) is 0 Å². The molecular weight excluding hydrogens is 354 g/mol. The first kappa shape index (κ1) is 21.2. The summed E-state index contributed by atoms with van der Waals surface area (Å²) in [5.74, 6) is -0.568. The van der Waals surface area contributed by atoms with Gasteiger partial charge in [-0.3, -0.25) is 14.4 Å². The van der Waals surface area contributed by atoms with Crippen LogP contribution in [-0.2, 0) is 14.4 Å². The molecule has 3 amide bonds. The third kappa shape index (κ3) is 6.54. The molecule has 0 aliphatic heterocycles. The molecule has 0 heterocycles. The van der Waals surface area contributed by atoms with Crippen LogP contribution < -0.4 is 16.0 Å². The number of nitrogens with one attached hydrogen (secondary N) is 3. The van der Waals surface area contributed by atoms with Gasteiger partial charge in [0.1, 0.15) is 0 Å². The lowest BCUT2D eigenvalue weighted by atomic mass is 10.0. The van der Waals surface area contributed by atoms with E-state index in [4.69, 9.17) is 0 Å². The van der Waals surface area contributed by atoms with Crippen molar-refractivity contribution < 1.29 is 14.4 Å². The van der Waals surface area contributed by atoms with E-state index in [1.54, 1.807) is 24.3 Å². The van der Waals surface area contributed by atoms with Gasteiger partial charge in [0.25, 0.3) is 0 Å². The van der Waals surface area contributed by atoms with Gasteiger partial charge in [-0.2, -0.15) is 0 Å². The highest BCUT2D eigenvalue weighted by Gasteiger charge is 2.17. The molecule has 148 valence electrons. The van der Waals surface area contributed by atoms with Crippen LogP contribution in [0.5, 0.6) is 0 Å². The summed E-state index contributed by atoms with van der Waals surface area (Å²) >= 11 is 0. The number of rotatable bonds is 7. The Kier molecular flexibility index (Phi) is 7.32. The molecule has 2 aromatic rings. The van der Waals surface area contributed by atoms with Crippen LogP contribution in [0.1, 0.15) is 44.4 Å². The number of benzene rings is 2. The molecule has 6 nitrogen and oxygen atoms in total. The average molecular weight is 381 g/mol. The summed E-state index contributed by atoms with van der Waals surface area (Å²) in [6.45, 7) is 7.06. The highest BCUT2D eigenvalue weighted by molar-refractivity contribution is 5.94. The van der Waals surface area contributed by atoms with E-state index in [1.165, 1.54) is 6.92 Å². The zero-order chi connectivity index (χ0) is 20.7. The molecule has 1 atom stereocenters. The highest BCUT2D eigenvalue weighted by Crippen LogP contribution is 2.20. The predicted octanol–water partition coefficient (Wildman–Crippen LogP) is 3.80.